The molecule has 0 radical (unpaired) electrons. The van der Waals surface area contributed by atoms with Gasteiger partial charge in [-0.2, -0.15) is 0 Å². The van der Waals surface area contributed by atoms with E-state index in [9.17, 15) is 0 Å². The molecule has 15 heavy (non-hydrogen) atoms. The third-order valence-electron chi connectivity index (χ3n) is 1.89. The Hall–Kier alpha value is -0.380. The van der Waals surface area contributed by atoms with Crippen molar-refractivity contribution in [3.05, 3.63) is 23.2 Å². The van der Waals surface area contributed by atoms with Crippen LogP contribution in [0, 0.1) is 0 Å². The molecule has 0 unspecified atom stereocenters. The molecule has 0 saturated heterocycles. The minimum absolute atomic E-state index is 0.530. The van der Waals surface area contributed by atoms with Gasteiger partial charge in [0.2, 0.25) is 0 Å². The molecule has 2 nitrogen and oxygen atoms in total. The van der Waals surface area contributed by atoms with Gasteiger partial charge in [0, 0.05) is 33.9 Å². The van der Waals surface area contributed by atoms with E-state index in [2.05, 4.69) is 19.2 Å². The predicted molar refractivity (Wildman–Crippen MR) is 69.7 cm³/mol. The van der Waals surface area contributed by atoms with Crippen molar-refractivity contribution < 1.29 is 0 Å². The summed E-state index contributed by atoms with van der Waals surface area (Å²) in [5, 5.41) is 4.09. The molecule has 0 spiro atoms. The van der Waals surface area contributed by atoms with Crippen LogP contribution in [0.3, 0.4) is 0 Å². The maximum absolute atomic E-state index is 5.90. The van der Waals surface area contributed by atoms with E-state index >= 15 is 0 Å². The van der Waals surface area contributed by atoms with E-state index in [0.29, 0.717) is 6.04 Å². The van der Waals surface area contributed by atoms with Gasteiger partial charge in [0.05, 0.1) is 0 Å². The summed E-state index contributed by atoms with van der Waals surface area (Å²) < 4.78 is 0. The standard InChI is InChI=1S/C11H17ClN2S/c1-8(2)14-5-6-15-11-7-9(12)3-4-10(11)13/h3-4,7-8,14H,5-6,13H2,1-2H3. The fraction of sp³-hybridized carbons (Fsp3) is 0.455. The topological polar surface area (TPSA) is 38.0 Å². The first-order valence-corrected chi connectivity index (χ1v) is 6.37. The largest absolute Gasteiger partial charge is 0.398 e. The molecule has 1 rings (SSSR count). The summed E-state index contributed by atoms with van der Waals surface area (Å²) in [5.74, 6) is 1.00. The quantitative estimate of drug-likeness (QED) is 0.475. The molecule has 0 aliphatic carbocycles. The summed E-state index contributed by atoms with van der Waals surface area (Å²) in [6.45, 7) is 5.26. The van der Waals surface area contributed by atoms with Gasteiger partial charge in [-0.3, -0.25) is 0 Å². The highest BCUT2D eigenvalue weighted by molar-refractivity contribution is 7.99. The van der Waals surface area contributed by atoms with Crippen molar-refractivity contribution in [3.8, 4) is 0 Å². The number of halogens is 1. The zero-order chi connectivity index (χ0) is 11.3. The second-order valence-corrected chi connectivity index (χ2v) is 5.21. The molecule has 0 saturated carbocycles. The van der Waals surface area contributed by atoms with Gasteiger partial charge in [-0.25, -0.2) is 0 Å². The van der Waals surface area contributed by atoms with Crippen LogP contribution in [0.15, 0.2) is 23.1 Å². The average molecular weight is 245 g/mol. The number of rotatable bonds is 5. The van der Waals surface area contributed by atoms with Gasteiger partial charge in [-0.1, -0.05) is 25.4 Å². The molecule has 1 aromatic carbocycles. The van der Waals surface area contributed by atoms with Crippen LogP contribution in [0.5, 0.6) is 0 Å². The van der Waals surface area contributed by atoms with Gasteiger partial charge in [-0.15, -0.1) is 11.8 Å². The summed E-state index contributed by atoms with van der Waals surface area (Å²) in [6, 6.07) is 6.10. The van der Waals surface area contributed by atoms with Crippen LogP contribution >= 0.6 is 23.4 Å². The Kier molecular flexibility index (Phi) is 5.29. The zero-order valence-corrected chi connectivity index (χ0v) is 10.7. The molecule has 1 aromatic rings. The molecular formula is C11H17ClN2S. The average Bonchev–Trinajstić information content (AvgIpc) is 2.17. The van der Waals surface area contributed by atoms with Crippen molar-refractivity contribution in [2.75, 3.05) is 18.0 Å². The molecule has 0 heterocycles. The van der Waals surface area contributed by atoms with Crippen molar-refractivity contribution in [2.24, 2.45) is 0 Å². The second-order valence-electron chi connectivity index (χ2n) is 3.64. The molecule has 0 aliphatic rings. The number of hydrogen-bond donors (Lipinski definition) is 2. The lowest BCUT2D eigenvalue weighted by atomic mass is 10.3. The van der Waals surface area contributed by atoms with E-state index in [1.165, 1.54) is 0 Å². The molecule has 84 valence electrons. The lowest BCUT2D eigenvalue weighted by Crippen LogP contribution is -2.24. The highest BCUT2D eigenvalue weighted by Gasteiger charge is 2.01. The van der Waals surface area contributed by atoms with Crippen molar-refractivity contribution in [1.82, 2.24) is 5.32 Å². The van der Waals surface area contributed by atoms with E-state index in [1.54, 1.807) is 11.8 Å². The summed E-state index contributed by atoms with van der Waals surface area (Å²) in [5.41, 5.74) is 6.63. The van der Waals surface area contributed by atoms with E-state index in [1.807, 2.05) is 18.2 Å². The Morgan fingerprint density at radius 2 is 2.20 bits per heavy atom. The lowest BCUT2D eigenvalue weighted by Gasteiger charge is -2.09. The molecule has 0 atom stereocenters. The van der Waals surface area contributed by atoms with E-state index in [-0.39, 0.29) is 0 Å². The minimum Gasteiger partial charge on any atom is -0.398 e. The number of anilines is 1. The Balaban J connectivity index is 2.40. The van der Waals surface area contributed by atoms with Crippen LogP contribution in [0.4, 0.5) is 5.69 Å². The predicted octanol–water partition coefficient (Wildman–Crippen LogP) is 3.01. The summed E-state index contributed by atoms with van der Waals surface area (Å²) in [4.78, 5) is 1.06. The Morgan fingerprint density at radius 1 is 1.47 bits per heavy atom. The lowest BCUT2D eigenvalue weighted by molar-refractivity contribution is 0.616. The third-order valence-corrected chi connectivity index (χ3v) is 3.20. The highest BCUT2D eigenvalue weighted by Crippen LogP contribution is 2.27. The molecule has 0 bridgehead atoms. The molecule has 0 amide bonds. The van der Waals surface area contributed by atoms with Crippen LogP contribution in [0.25, 0.3) is 0 Å². The van der Waals surface area contributed by atoms with Gasteiger partial charge in [-0.05, 0) is 18.2 Å². The molecule has 0 aliphatic heterocycles. The fourth-order valence-electron chi connectivity index (χ4n) is 1.14. The summed E-state index contributed by atoms with van der Waals surface area (Å²) >= 11 is 7.63. The van der Waals surface area contributed by atoms with Crippen LogP contribution in [0.1, 0.15) is 13.8 Å². The maximum atomic E-state index is 5.90. The number of nitrogens with one attached hydrogen (secondary N) is 1. The first kappa shape index (κ1) is 12.7. The maximum Gasteiger partial charge on any atom is 0.0453 e. The van der Waals surface area contributed by atoms with Crippen molar-refractivity contribution in [2.45, 2.75) is 24.8 Å². The highest BCUT2D eigenvalue weighted by atomic mass is 35.5. The molecule has 0 fully saturated rings. The Bertz CT molecular complexity index is 315. The molecule has 4 heteroatoms. The summed E-state index contributed by atoms with van der Waals surface area (Å²) in [7, 11) is 0. The monoisotopic (exact) mass is 244 g/mol. The normalized spacial score (nSPS) is 10.9. The minimum atomic E-state index is 0.530. The first-order chi connectivity index (χ1) is 7.09. The van der Waals surface area contributed by atoms with Crippen LogP contribution in [-0.4, -0.2) is 18.3 Å². The molecule has 3 N–H and O–H groups in total. The Morgan fingerprint density at radius 3 is 2.87 bits per heavy atom. The SMILES string of the molecule is CC(C)NCCSc1cc(Cl)ccc1N. The van der Waals surface area contributed by atoms with Crippen LogP contribution in [-0.2, 0) is 0 Å². The van der Waals surface area contributed by atoms with Crippen molar-refractivity contribution >= 4 is 29.1 Å². The molecular weight excluding hydrogens is 228 g/mol. The number of nitrogens with two attached hydrogens (primary N) is 1. The number of benzene rings is 1. The number of thioether (sulfide) groups is 1. The fourth-order valence-corrected chi connectivity index (χ4v) is 2.26. The van der Waals surface area contributed by atoms with Crippen LogP contribution < -0.4 is 11.1 Å². The Labute approximate surface area is 101 Å². The third kappa shape index (κ3) is 4.78. The van der Waals surface area contributed by atoms with Gasteiger partial charge >= 0.3 is 0 Å². The number of hydrogen-bond acceptors (Lipinski definition) is 3. The van der Waals surface area contributed by atoms with E-state index < -0.39 is 0 Å². The summed E-state index contributed by atoms with van der Waals surface area (Å²) in [6.07, 6.45) is 0. The van der Waals surface area contributed by atoms with Crippen molar-refractivity contribution in [1.29, 1.82) is 0 Å². The number of nitrogen functional groups attached to an aromatic ring is 1. The van der Waals surface area contributed by atoms with Gasteiger partial charge in [0.25, 0.3) is 0 Å². The van der Waals surface area contributed by atoms with E-state index in [0.717, 1.165) is 27.9 Å². The zero-order valence-electron chi connectivity index (χ0n) is 9.09. The van der Waals surface area contributed by atoms with Crippen LogP contribution in [0.2, 0.25) is 5.02 Å². The van der Waals surface area contributed by atoms with Gasteiger partial charge < -0.3 is 11.1 Å². The van der Waals surface area contributed by atoms with Gasteiger partial charge in [0.1, 0.15) is 0 Å². The van der Waals surface area contributed by atoms with Crippen molar-refractivity contribution in [3.63, 3.8) is 0 Å². The molecule has 0 aromatic heterocycles. The first-order valence-electron chi connectivity index (χ1n) is 5.01. The van der Waals surface area contributed by atoms with Gasteiger partial charge in [0.15, 0.2) is 0 Å². The smallest absolute Gasteiger partial charge is 0.0453 e. The second kappa shape index (κ2) is 6.26. The van der Waals surface area contributed by atoms with E-state index in [4.69, 9.17) is 17.3 Å².